The van der Waals surface area contributed by atoms with Gasteiger partial charge in [-0.2, -0.15) is 0 Å². The molecule has 0 saturated heterocycles. The summed E-state index contributed by atoms with van der Waals surface area (Å²) in [5.74, 6) is 1.29. The number of alkyl halides is 1. The Balaban J connectivity index is 1.39. The maximum Gasteiger partial charge on any atom is 0.222 e. The third-order valence-corrected chi connectivity index (χ3v) is 9.75. The van der Waals surface area contributed by atoms with E-state index in [1.165, 1.54) is 0 Å². The Bertz CT molecular complexity index is 894. The highest BCUT2D eigenvalue weighted by Gasteiger charge is 2.59. The Morgan fingerprint density at radius 1 is 1.19 bits per heavy atom. The molecule has 7 atom stereocenters. The number of methoxy groups -OCH3 is 1. The summed E-state index contributed by atoms with van der Waals surface area (Å²) in [6.07, 6.45) is 7.54. The second-order valence-corrected chi connectivity index (χ2v) is 11.8. The number of unbranched alkanes of at least 4 members (excludes halogenated alkanes) is 3. The quantitative estimate of drug-likeness (QED) is 0.385. The summed E-state index contributed by atoms with van der Waals surface area (Å²) < 4.78 is 21.0. The molecule has 2 fully saturated rings. The van der Waals surface area contributed by atoms with Crippen LogP contribution in [-0.4, -0.2) is 60.1 Å². The zero-order chi connectivity index (χ0) is 25.9. The highest BCUT2D eigenvalue weighted by atomic mass is 19.1. The van der Waals surface area contributed by atoms with Crippen LogP contribution in [-0.2, 0) is 16.0 Å². The zero-order valence-electron chi connectivity index (χ0n) is 22.4. The number of ether oxygens (including phenoxy) is 1. The number of carbonyl (C=O) groups is 1. The van der Waals surface area contributed by atoms with Crippen LogP contribution >= 0.6 is 0 Å². The van der Waals surface area contributed by atoms with E-state index >= 15 is 4.39 Å². The number of halogens is 1. The van der Waals surface area contributed by atoms with Crippen molar-refractivity contribution in [1.29, 1.82) is 0 Å². The molecule has 1 aromatic rings. The Morgan fingerprint density at radius 3 is 2.72 bits per heavy atom. The van der Waals surface area contributed by atoms with Gasteiger partial charge >= 0.3 is 0 Å². The van der Waals surface area contributed by atoms with Gasteiger partial charge in [-0.15, -0.1) is 0 Å². The topological polar surface area (TPSA) is 70.0 Å². The molecule has 0 aliphatic heterocycles. The van der Waals surface area contributed by atoms with Crippen molar-refractivity contribution in [2.45, 2.75) is 96.2 Å². The van der Waals surface area contributed by atoms with E-state index in [4.69, 9.17) is 4.74 Å². The van der Waals surface area contributed by atoms with Crippen LogP contribution in [0.15, 0.2) is 18.2 Å². The fourth-order valence-electron chi connectivity index (χ4n) is 7.88. The first-order valence-corrected chi connectivity index (χ1v) is 14.2. The summed E-state index contributed by atoms with van der Waals surface area (Å²) in [7, 11) is 1.66. The predicted molar refractivity (Wildman–Crippen MR) is 140 cm³/mol. The Hall–Kier alpha value is -1.66. The van der Waals surface area contributed by atoms with E-state index in [2.05, 4.69) is 6.92 Å². The number of hydrogen-bond donors (Lipinski definition) is 2. The number of benzene rings is 1. The molecule has 36 heavy (non-hydrogen) atoms. The molecular weight excluding hydrogens is 457 g/mol. The number of fused-ring (bicyclic) bond motifs is 5. The number of phenols is 1. The van der Waals surface area contributed by atoms with E-state index in [1.54, 1.807) is 13.2 Å². The fraction of sp³-hybridized carbons (Fsp3) is 0.767. The van der Waals surface area contributed by atoms with Gasteiger partial charge in [0.2, 0.25) is 5.91 Å². The third kappa shape index (κ3) is 5.45. The summed E-state index contributed by atoms with van der Waals surface area (Å²) in [6.45, 7) is 6.01. The van der Waals surface area contributed by atoms with E-state index in [0.717, 1.165) is 69.0 Å². The van der Waals surface area contributed by atoms with E-state index in [9.17, 15) is 15.0 Å². The van der Waals surface area contributed by atoms with Crippen molar-refractivity contribution >= 4 is 5.91 Å². The van der Waals surface area contributed by atoms with Gasteiger partial charge < -0.3 is 19.8 Å². The van der Waals surface area contributed by atoms with Crippen LogP contribution in [0.2, 0.25) is 0 Å². The minimum atomic E-state index is -0.954. The van der Waals surface area contributed by atoms with Crippen LogP contribution < -0.4 is 0 Å². The van der Waals surface area contributed by atoms with Crippen molar-refractivity contribution in [3.8, 4) is 5.75 Å². The molecule has 0 bridgehead atoms. The van der Waals surface area contributed by atoms with Crippen LogP contribution in [0.25, 0.3) is 0 Å². The summed E-state index contributed by atoms with van der Waals surface area (Å²) in [4.78, 5) is 14.1. The molecule has 6 unspecified atom stereocenters. The van der Waals surface area contributed by atoms with Gasteiger partial charge in [-0.3, -0.25) is 4.79 Å². The molecule has 0 heterocycles. The molecule has 0 spiro atoms. The molecular formula is C30H46FNO4. The van der Waals surface area contributed by atoms with Gasteiger partial charge in [0.1, 0.15) is 11.9 Å². The second kappa shape index (κ2) is 11.8. The fourth-order valence-corrected chi connectivity index (χ4v) is 7.88. The molecule has 0 aromatic heterocycles. The maximum atomic E-state index is 15.9. The lowest BCUT2D eigenvalue weighted by molar-refractivity contribution is -0.131. The number of aliphatic hydroxyl groups excluding tert-OH is 1. The number of nitrogens with zero attached hydrogens (tertiary/aromatic N) is 1. The van der Waals surface area contributed by atoms with Gasteiger partial charge in [0.05, 0.1) is 12.7 Å². The third-order valence-electron chi connectivity index (χ3n) is 9.75. The van der Waals surface area contributed by atoms with Crippen molar-refractivity contribution in [3.05, 3.63) is 29.3 Å². The Kier molecular flexibility index (Phi) is 8.98. The molecule has 202 valence electrons. The van der Waals surface area contributed by atoms with E-state index in [0.29, 0.717) is 37.8 Å². The molecule has 1 amide bonds. The van der Waals surface area contributed by atoms with Crippen LogP contribution in [0.1, 0.15) is 88.7 Å². The van der Waals surface area contributed by atoms with Gasteiger partial charge in [0.25, 0.3) is 0 Å². The number of aliphatic hydroxyl groups is 1. The van der Waals surface area contributed by atoms with Gasteiger partial charge in [0, 0.05) is 32.5 Å². The largest absolute Gasteiger partial charge is 0.508 e. The first-order chi connectivity index (χ1) is 17.3. The Labute approximate surface area is 216 Å². The molecule has 1 aromatic carbocycles. The van der Waals surface area contributed by atoms with Gasteiger partial charge in [-0.1, -0.05) is 39.2 Å². The number of phenolic OH excluding ortho intramolecular Hbond substituents is 1. The highest BCUT2D eigenvalue weighted by Crippen LogP contribution is 2.63. The summed E-state index contributed by atoms with van der Waals surface area (Å²) in [5, 5.41) is 20.9. The average Bonchev–Trinajstić information content (AvgIpc) is 3.15. The monoisotopic (exact) mass is 503 g/mol. The van der Waals surface area contributed by atoms with Crippen LogP contribution in [0.5, 0.6) is 5.75 Å². The summed E-state index contributed by atoms with van der Waals surface area (Å²) in [6, 6.07) is 5.51. The lowest BCUT2D eigenvalue weighted by Gasteiger charge is -2.54. The normalized spacial score (nSPS) is 33.0. The minimum Gasteiger partial charge on any atom is -0.508 e. The van der Waals surface area contributed by atoms with Gasteiger partial charge in [-0.05, 0) is 85.0 Å². The SMILES string of the molecule is CCC(=O)N(CCCCCCC1Cc2cc(O)ccc2C2C(F)C[C@]3(C)C(O)CCC3C12)CCOC. The van der Waals surface area contributed by atoms with Crippen molar-refractivity contribution in [3.63, 3.8) is 0 Å². The van der Waals surface area contributed by atoms with Gasteiger partial charge in [-0.25, -0.2) is 4.39 Å². The number of carbonyl (C=O) groups excluding carboxylic acids is 1. The van der Waals surface area contributed by atoms with Crippen LogP contribution in [0.3, 0.4) is 0 Å². The molecule has 4 rings (SSSR count). The number of amides is 1. The standard InChI is InChI=1S/C30H46FNO4/c1-4-27(35)32(15-16-36-3)14-8-6-5-7-9-20-17-21-18-22(33)10-11-23(21)29-25(31)19-30(2)24(28(20)29)12-13-26(30)34/h10-11,18,20,24-26,28-29,33-34H,4-9,12-17,19H2,1-3H3/t20?,24?,25?,26?,28?,29?,30-/m0/s1. The highest BCUT2D eigenvalue weighted by molar-refractivity contribution is 5.75. The Morgan fingerprint density at radius 2 is 1.97 bits per heavy atom. The van der Waals surface area contributed by atoms with Gasteiger partial charge in [0.15, 0.2) is 0 Å². The van der Waals surface area contributed by atoms with Crippen molar-refractivity contribution in [1.82, 2.24) is 4.90 Å². The smallest absolute Gasteiger partial charge is 0.222 e. The molecule has 0 radical (unpaired) electrons. The van der Waals surface area contributed by atoms with E-state index < -0.39 is 12.3 Å². The molecule has 2 saturated carbocycles. The van der Waals surface area contributed by atoms with Crippen LogP contribution in [0.4, 0.5) is 4.39 Å². The predicted octanol–water partition coefficient (Wildman–Crippen LogP) is 5.62. The summed E-state index contributed by atoms with van der Waals surface area (Å²) >= 11 is 0. The maximum absolute atomic E-state index is 15.9. The zero-order valence-corrected chi connectivity index (χ0v) is 22.4. The number of hydrogen-bond acceptors (Lipinski definition) is 4. The number of rotatable bonds is 11. The van der Waals surface area contributed by atoms with E-state index in [-0.39, 0.29) is 28.9 Å². The molecule has 2 N–H and O–H groups in total. The van der Waals surface area contributed by atoms with Crippen LogP contribution in [0, 0.1) is 23.2 Å². The number of aromatic hydroxyl groups is 1. The minimum absolute atomic E-state index is 0.128. The molecule has 3 aliphatic carbocycles. The molecule has 5 nitrogen and oxygen atoms in total. The molecule has 6 heteroatoms. The lowest BCUT2D eigenvalue weighted by Crippen LogP contribution is -2.51. The lowest BCUT2D eigenvalue weighted by atomic mass is 9.51. The average molecular weight is 504 g/mol. The second-order valence-electron chi connectivity index (χ2n) is 11.8. The first-order valence-electron chi connectivity index (χ1n) is 14.2. The first kappa shape index (κ1) is 27.4. The molecule has 3 aliphatic rings. The van der Waals surface area contributed by atoms with E-state index in [1.807, 2.05) is 24.0 Å². The summed E-state index contributed by atoms with van der Waals surface area (Å²) in [5.41, 5.74) is 1.87. The van der Waals surface area contributed by atoms with Crippen molar-refractivity contribution < 1.29 is 24.1 Å². The van der Waals surface area contributed by atoms with Crippen molar-refractivity contribution in [2.24, 2.45) is 23.2 Å². The van der Waals surface area contributed by atoms with Crippen molar-refractivity contribution in [2.75, 3.05) is 26.8 Å².